The number of aromatic nitrogens is 3. The zero-order chi connectivity index (χ0) is 22.1. The first-order valence-electron chi connectivity index (χ1n) is 9.57. The Labute approximate surface area is 178 Å². The van der Waals surface area contributed by atoms with Gasteiger partial charge in [-0.2, -0.15) is 5.10 Å². The molecule has 0 aliphatic rings. The molecule has 1 amide bonds. The molecular weight excluding hydrogens is 399 g/mol. The molecule has 0 atom stereocenters. The average molecular weight is 420 g/mol. The number of hydrogen-bond donors (Lipinski definition) is 1. The lowest BCUT2D eigenvalue weighted by molar-refractivity contribution is 0.102. The van der Waals surface area contributed by atoms with Crippen LogP contribution in [0, 0.1) is 19.7 Å². The number of ether oxygens (including phenoxy) is 2. The van der Waals surface area contributed by atoms with Crippen molar-refractivity contribution in [3.05, 3.63) is 71.3 Å². The Morgan fingerprint density at radius 3 is 2.52 bits per heavy atom. The van der Waals surface area contributed by atoms with Crippen LogP contribution in [0.4, 0.5) is 10.1 Å². The SMILES string of the molecule is COc1ccc(NC(=O)c2cc(C)nc3c2c(C)nn3-c2cccc(F)c2)cc1OC. The van der Waals surface area contributed by atoms with E-state index < -0.39 is 0 Å². The molecule has 8 heteroatoms. The summed E-state index contributed by atoms with van der Waals surface area (Å²) >= 11 is 0. The van der Waals surface area contributed by atoms with E-state index in [0.717, 1.165) is 0 Å². The molecule has 0 radical (unpaired) electrons. The number of rotatable bonds is 5. The minimum absolute atomic E-state index is 0.315. The van der Waals surface area contributed by atoms with E-state index in [4.69, 9.17) is 9.47 Å². The number of amides is 1. The molecule has 0 unspecified atom stereocenters. The molecule has 0 aliphatic carbocycles. The van der Waals surface area contributed by atoms with E-state index in [1.807, 2.05) is 0 Å². The van der Waals surface area contributed by atoms with E-state index in [1.54, 1.807) is 62.0 Å². The third-order valence-electron chi connectivity index (χ3n) is 4.88. The number of carbonyl (C=O) groups excluding carboxylic acids is 1. The molecule has 1 N–H and O–H groups in total. The van der Waals surface area contributed by atoms with Gasteiger partial charge in [0.1, 0.15) is 5.82 Å². The lowest BCUT2D eigenvalue weighted by atomic mass is 10.1. The maximum Gasteiger partial charge on any atom is 0.256 e. The number of fused-ring (bicyclic) bond motifs is 1. The molecule has 0 spiro atoms. The molecule has 2 aromatic heterocycles. The summed E-state index contributed by atoms with van der Waals surface area (Å²) in [4.78, 5) is 17.7. The van der Waals surface area contributed by atoms with Crippen LogP contribution in [0.3, 0.4) is 0 Å². The summed E-state index contributed by atoms with van der Waals surface area (Å²) in [5.74, 6) is 0.379. The topological polar surface area (TPSA) is 78.3 Å². The van der Waals surface area contributed by atoms with Crippen molar-refractivity contribution in [2.75, 3.05) is 19.5 Å². The normalized spacial score (nSPS) is 10.9. The molecule has 4 rings (SSSR count). The molecule has 2 heterocycles. The number of nitrogens with one attached hydrogen (secondary N) is 1. The molecule has 0 bridgehead atoms. The zero-order valence-corrected chi connectivity index (χ0v) is 17.6. The van der Waals surface area contributed by atoms with Crippen LogP contribution in [-0.4, -0.2) is 34.9 Å². The summed E-state index contributed by atoms with van der Waals surface area (Å²) in [6, 6.07) is 12.9. The van der Waals surface area contributed by atoms with Crippen LogP contribution in [0.25, 0.3) is 16.7 Å². The van der Waals surface area contributed by atoms with Gasteiger partial charge in [-0.1, -0.05) is 6.07 Å². The minimum atomic E-state index is -0.377. The third kappa shape index (κ3) is 3.79. The Balaban J connectivity index is 1.78. The van der Waals surface area contributed by atoms with Gasteiger partial charge in [-0.05, 0) is 50.2 Å². The van der Waals surface area contributed by atoms with Crippen LogP contribution in [0.5, 0.6) is 11.5 Å². The highest BCUT2D eigenvalue weighted by Crippen LogP contribution is 2.31. The van der Waals surface area contributed by atoms with Crippen molar-refractivity contribution in [3.8, 4) is 17.2 Å². The average Bonchev–Trinajstić information content (AvgIpc) is 3.09. The zero-order valence-electron chi connectivity index (χ0n) is 17.6. The second-order valence-electron chi connectivity index (χ2n) is 7.01. The highest BCUT2D eigenvalue weighted by atomic mass is 19.1. The summed E-state index contributed by atoms with van der Waals surface area (Å²) in [5, 5.41) is 8.01. The highest BCUT2D eigenvalue weighted by Gasteiger charge is 2.20. The lowest BCUT2D eigenvalue weighted by Crippen LogP contribution is -2.13. The maximum atomic E-state index is 13.8. The van der Waals surface area contributed by atoms with Crippen LogP contribution in [-0.2, 0) is 0 Å². The fraction of sp³-hybridized carbons (Fsp3) is 0.174. The number of anilines is 1. The summed E-state index contributed by atoms with van der Waals surface area (Å²) < 4.78 is 25.9. The monoisotopic (exact) mass is 420 g/mol. The number of carbonyl (C=O) groups is 1. The van der Waals surface area contributed by atoms with Crippen molar-refractivity contribution < 1.29 is 18.7 Å². The van der Waals surface area contributed by atoms with Crippen molar-refractivity contribution in [2.24, 2.45) is 0 Å². The number of pyridine rings is 1. The van der Waals surface area contributed by atoms with E-state index in [0.29, 0.717) is 50.9 Å². The van der Waals surface area contributed by atoms with Crippen molar-refractivity contribution in [1.82, 2.24) is 14.8 Å². The molecule has 7 nitrogen and oxygen atoms in total. The predicted octanol–water partition coefficient (Wildman–Crippen LogP) is 4.45. The standard InChI is InChI=1S/C23H21FN4O3/c1-13-10-18(23(29)26-16-8-9-19(30-3)20(12-16)31-4)21-14(2)27-28(22(21)25-13)17-7-5-6-15(24)11-17/h5-12H,1-4H3,(H,26,29). The summed E-state index contributed by atoms with van der Waals surface area (Å²) in [5.41, 5.74) is 3.26. The molecule has 0 fully saturated rings. The van der Waals surface area contributed by atoms with Crippen molar-refractivity contribution in [3.63, 3.8) is 0 Å². The van der Waals surface area contributed by atoms with Crippen LogP contribution in [0.2, 0.25) is 0 Å². The Bertz CT molecular complexity index is 1300. The Morgan fingerprint density at radius 2 is 1.81 bits per heavy atom. The third-order valence-corrected chi connectivity index (χ3v) is 4.88. The van der Waals surface area contributed by atoms with E-state index in [-0.39, 0.29) is 11.7 Å². The second-order valence-corrected chi connectivity index (χ2v) is 7.01. The van der Waals surface area contributed by atoms with Gasteiger partial charge in [0, 0.05) is 17.4 Å². The molecule has 158 valence electrons. The summed E-state index contributed by atoms with van der Waals surface area (Å²) in [6.45, 7) is 3.59. The van der Waals surface area contributed by atoms with Gasteiger partial charge in [-0.3, -0.25) is 4.79 Å². The van der Waals surface area contributed by atoms with Gasteiger partial charge < -0.3 is 14.8 Å². The molecule has 4 aromatic rings. The largest absolute Gasteiger partial charge is 0.493 e. The molecular formula is C23H21FN4O3. The number of benzene rings is 2. The van der Waals surface area contributed by atoms with Crippen molar-refractivity contribution >= 4 is 22.6 Å². The number of hydrogen-bond acceptors (Lipinski definition) is 5. The van der Waals surface area contributed by atoms with Gasteiger partial charge in [-0.15, -0.1) is 0 Å². The fourth-order valence-electron chi connectivity index (χ4n) is 3.49. The van der Waals surface area contributed by atoms with Crippen LogP contribution >= 0.6 is 0 Å². The molecule has 0 saturated heterocycles. The first-order valence-corrected chi connectivity index (χ1v) is 9.57. The fourth-order valence-corrected chi connectivity index (χ4v) is 3.49. The van der Waals surface area contributed by atoms with Gasteiger partial charge in [0.05, 0.1) is 36.6 Å². The van der Waals surface area contributed by atoms with Gasteiger partial charge >= 0.3 is 0 Å². The number of nitrogens with zero attached hydrogens (tertiary/aromatic N) is 3. The number of halogens is 1. The Morgan fingerprint density at radius 1 is 1.03 bits per heavy atom. The van der Waals surface area contributed by atoms with Gasteiger partial charge in [0.25, 0.3) is 5.91 Å². The second kappa shape index (κ2) is 8.06. The summed E-state index contributed by atoms with van der Waals surface area (Å²) in [6.07, 6.45) is 0. The van der Waals surface area contributed by atoms with Crippen LogP contribution in [0.15, 0.2) is 48.5 Å². The number of methoxy groups -OCH3 is 2. The number of aryl methyl sites for hydroxylation is 2. The van der Waals surface area contributed by atoms with Crippen molar-refractivity contribution in [1.29, 1.82) is 0 Å². The van der Waals surface area contributed by atoms with E-state index in [1.165, 1.54) is 19.2 Å². The lowest BCUT2D eigenvalue weighted by Gasteiger charge is -2.11. The molecule has 2 aromatic carbocycles. The predicted molar refractivity (Wildman–Crippen MR) is 116 cm³/mol. The molecule has 31 heavy (non-hydrogen) atoms. The van der Waals surface area contributed by atoms with Crippen molar-refractivity contribution in [2.45, 2.75) is 13.8 Å². The minimum Gasteiger partial charge on any atom is -0.493 e. The highest BCUT2D eigenvalue weighted by molar-refractivity contribution is 6.12. The van der Waals surface area contributed by atoms with Gasteiger partial charge in [0.15, 0.2) is 17.1 Å². The summed E-state index contributed by atoms with van der Waals surface area (Å²) in [7, 11) is 3.08. The smallest absolute Gasteiger partial charge is 0.256 e. The maximum absolute atomic E-state index is 13.8. The Kier molecular flexibility index (Phi) is 5.29. The van der Waals surface area contributed by atoms with Crippen LogP contribution < -0.4 is 14.8 Å². The van der Waals surface area contributed by atoms with Gasteiger partial charge in [-0.25, -0.2) is 14.1 Å². The first-order chi connectivity index (χ1) is 14.9. The quantitative estimate of drug-likeness (QED) is 0.516. The first kappa shape index (κ1) is 20.3. The van der Waals surface area contributed by atoms with Crippen LogP contribution in [0.1, 0.15) is 21.7 Å². The van der Waals surface area contributed by atoms with Gasteiger partial charge in [0.2, 0.25) is 0 Å². The molecule has 0 aliphatic heterocycles. The van der Waals surface area contributed by atoms with E-state index >= 15 is 0 Å². The Hall–Kier alpha value is -3.94. The molecule has 0 saturated carbocycles. The van der Waals surface area contributed by atoms with E-state index in [2.05, 4.69) is 15.4 Å². The van der Waals surface area contributed by atoms with E-state index in [9.17, 15) is 9.18 Å².